The molecule has 0 unspecified atom stereocenters. The first-order valence-electron chi connectivity index (χ1n) is 7.58. The summed E-state index contributed by atoms with van der Waals surface area (Å²) in [7, 11) is -4.40. The summed E-state index contributed by atoms with van der Waals surface area (Å²) < 4.78 is 27.2. The molecule has 7 nitrogen and oxygen atoms in total. The van der Waals surface area contributed by atoms with Crippen molar-refractivity contribution in [1.82, 2.24) is 0 Å². The lowest BCUT2D eigenvalue weighted by Crippen LogP contribution is -2.36. The van der Waals surface area contributed by atoms with Crippen molar-refractivity contribution in [3.8, 4) is 0 Å². The fourth-order valence-electron chi connectivity index (χ4n) is 2.91. The van der Waals surface area contributed by atoms with E-state index in [4.69, 9.17) is 11.6 Å². The maximum atomic E-state index is 13.2. The predicted molar refractivity (Wildman–Crippen MR) is 99.1 cm³/mol. The lowest BCUT2D eigenvalue weighted by atomic mass is 10.1. The summed E-state index contributed by atoms with van der Waals surface area (Å²) in [5, 5.41) is 10.4. The topological polar surface area (TPSA) is 97.6 Å². The number of carbonyl (C=O) groups is 1. The number of sulfonamides is 1. The Morgan fingerprint density at radius 1 is 1.15 bits per heavy atom. The van der Waals surface area contributed by atoms with Crippen LogP contribution in [0.1, 0.15) is 16.7 Å². The van der Waals surface area contributed by atoms with Crippen molar-refractivity contribution in [3.63, 3.8) is 0 Å². The first-order chi connectivity index (χ1) is 12.1. The van der Waals surface area contributed by atoms with Gasteiger partial charge in [0, 0.05) is 6.07 Å². The average Bonchev–Trinajstić information content (AvgIpc) is 2.52. The molecule has 9 heteroatoms. The first kappa shape index (κ1) is 19.9. The second-order valence-electron chi connectivity index (χ2n) is 5.84. The van der Waals surface area contributed by atoms with Crippen molar-refractivity contribution in [3.05, 3.63) is 63.2 Å². The van der Waals surface area contributed by atoms with Gasteiger partial charge in [0.2, 0.25) is 5.24 Å². The Hall–Kier alpha value is -2.45. The fourth-order valence-corrected chi connectivity index (χ4v) is 4.81. The van der Waals surface area contributed by atoms with E-state index >= 15 is 0 Å². The molecule has 0 spiro atoms. The normalized spacial score (nSPS) is 11.2. The van der Waals surface area contributed by atoms with Crippen LogP contribution in [0.2, 0.25) is 0 Å². The lowest BCUT2D eigenvalue weighted by molar-refractivity contribution is -0.387. The molecule has 138 valence electrons. The third kappa shape index (κ3) is 3.86. The molecule has 2 aromatic carbocycles. The average molecular weight is 397 g/mol. The lowest BCUT2D eigenvalue weighted by Gasteiger charge is -2.26. The standard InChI is InChI=1S/C17H17ClN2O5S/c1-11-8-12(2)17(13(3)9-11)19(10-16(18)21)26(24,25)15-7-5-4-6-14(15)20(22)23/h4-9H,10H2,1-3H3. The molecule has 0 N–H and O–H groups in total. The summed E-state index contributed by atoms with van der Waals surface area (Å²) in [6.07, 6.45) is 0. The molecule has 0 bridgehead atoms. The zero-order valence-electron chi connectivity index (χ0n) is 14.4. The van der Waals surface area contributed by atoms with E-state index in [0.717, 1.165) is 22.0 Å². The highest BCUT2D eigenvalue weighted by Gasteiger charge is 2.34. The van der Waals surface area contributed by atoms with Crippen LogP contribution >= 0.6 is 11.6 Å². The van der Waals surface area contributed by atoms with Crippen molar-refractivity contribution < 1.29 is 18.1 Å². The van der Waals surface area contributed by atoms with Gasteiger partial charge in [-0.3, -0.25) is 19.2 Å². The van der Waals surface area contributed by atoms with E-state index in [1.807, 2.05) is 6.92 Å². The zero-order chi connectivity index (χ0) is 19.6. The van der Waals surface area contributed by atoms with Crippen molar-refractivity contribution >= 4 is 38.2 Å². The van der Waals surface area contributed by atoms with Crippen molar-refractivity contribution in [2.75, 3.05) is 10.8 Å². The van der Waals surface area contributed by atoms with E-state index < -0.39 is 37.3 Å². The predicted octanol–water partition coefficient (Wildman–Crippen LogP) is 3.48. The van der Waals surface area contributed by atoms with Crippen LogP contribution in [0.5, 0.6) is 0 Å². The SMILES string of the molecule is Cc1cc(C)c(N(CC(=O)Cl)S(=O)(=O)c2ccccc2[N+](=O)[O-])c(C)c1. The van der Waals surface area contributed by atoms with Gasteiger partial charge < -0.3 is 0 Å². The van der Waals surface area contributed by atoms with Crippen molar-refractivity contribution in [2.24, 2.45) is 0 Å². The zero-order valence-corrected chi connectivity index (χ0v) is 16.0. The molecule has 0 fully saturated rings. The number of carbonyl (C=O) groups excluding carboxylic acids is 1. The van der Waals surface area contributed by atoms with E-state index in [-0.39, 0.29) is 5.69 Å². The van der Waals surface area contributed by atoms with Crippen LogP contribution in [0.25, 0.3) is 0 Å². The maximum absolute atomic E-state index is 13.2. The van der Waals surface area contributed by atoms with Crippen LogP contribution in [0, 0.1) is 30.9 Å². The number of hydrogen-bond donors (Lipinski definition) is 0. The Balaban J connectivity index is 2.76. The van der Waals surface area contributed by atoms with E-state index in [9.17, 15) is 23.3 Å². The van der Waals surface area contributed by atoms with E-state index in [0.29, 0.717) is 11.1 Å². The number of nitro groups is 1. The monoisotopic (exact) mass is 396 g/mol. The molecule has 2 rings (SSSR count). The number of nitro benzene ring substituents is 1. The number of aryl methyl sites for hydroxylation is 3. The fraction of sp³-hybridized carbons (Fsp3) is 0.235. The third-order valence-corrected chi connectivity index (χ3v) is 5.70. The number of benzene rings is 2. The molecule has 0 atom stereocenters. The van der Waals surface area contributed by atoms with Gasteiger partial charge in [-0.1, -0.05) is 29.8 Å². The Kier molecular flexibility index (Phi) is 5.68. The summed E-state index contributed by atoms with van der Waals surface area (Å²) in [4.78, 5) is 21.5. The van der Waals surface area contributed by atoms with Crippen LogP contribution in [-0.4, -0.2) is 25.1 Å². The largest absolute Gasteiger partial charge is 0.289 e. The summed E-state index contributed by atoms with van der Waals surface area (Å²) in [5.41, 5.74) is 1.86. The van der Waals surface area contributed by atoms with Crippen LogP contribution in [0.15, 0.2) is 41.3 Å². The van der Waals surface area contributed by atoms with Gasteiger partial charge in [-0.25, -0.2) is 8.42 Å². The van der Waals surface area contributed by atoms with Crippen LogP contribution in [0.4, 0.5) is 11.4 Å². The molecular weight excluding hydrogens is 380 g/mol. The van der Waals surface area contributed by atoms with Gasteiger partial charge in [-0.15, -0.1) is 0 Å². The Bertz CT molecular complexity index is 965. The van der Waals surface area contributed by atoms with Crippen LogP contribution in [-0.2, 0) is 14.8 Å². The molecule has 0 aliphatic heterocycles. The molecule has 0 aliphatic carbocycles. The quantitative estimate of drug-likeness (QED) is 0.423. The third-order valence-electron chi connectivity index (χ3n) is 3.78. The molecule has 0 heterocycles. The highest BCUT2D eigenvalue weighted by molar-refractivity contribution is 7.93. The summed E-state index contributed by atoms with van der Waals surface area (Å²) in [6.45, 7) is 4.63. The molecule has 26 heavy (non-hydrogen) atoms. The van der Waals surface area contributed by atoms with Gasteiger partial charge >= 0.3 is 0 Å². The van der Waals surface area contributed by atoms with Gasteiger partial charge in [0.25, 0.3) is 15.7 Å². The van der Waals surface area contributed by atoms with Crippen LogP contribution < -0.4 is 4.31 Å². The number of rotatable bonds is 6. The van der Waals surface area contributed by atoms with E-state index in [2.05, 4.69) is 0 Å². The smallest absolute Gasteiger partial charge is 0.279 e. The van der Waals surface area contributed by atoms with Crippen molar-refractivity contribution in [2.45, 2.75) is 25.7 Å². The minimum absolute atomic E-state index is 0.280. The second-order valence-corrected chi connectivity index (χ2v) is 8.09. The number of halogens is 1. The van der Waals surface area contributed by atoms with Gasteiger partial charge in [0.15, 0.2) is 4.90 Å². The summed E-state index contributed by atoms with van der Waals surface area (Å²) in [5.74, 6) is 0. The second kappa shape index (κ2) is 7.43. The van der Waals surface area contributed by atoms with Gasteiger partial charge in [0.1, 0.15) is 6.54 Å². The number of anilines is 1. The molecule has 0 aliphatic rings. The minimum atomic E-state index is -4.40. The van der Waals surface area contributed by atoms with E-state index in [1.165, 1.54) is 12.1 Å². The highest BCUT2D eigenvalue weighted by Crippen LogP contribution is 2.34. The minimum Gasteiger partial charge on any atom is -0.279 e. The number of para-hydroxylation sites is 1. The van der Waals surface area contributed by atoms with Gasteiger partial charge in [-0.2, -0.15) is 0 Å². The van der Waals surface area contributed by atoms with Gasteiger partial charge in [0.05, 0.1) is 10.6 Å². The molecule has 2 aromatic rings. The summed E-state index contributed by atoms with van der Waals surface area (Å²) in [6, 6.07) is 8.53. The van der Waals surface area contributed by atoms with Crippen LogP contribution in [0.3, 0.4) is 0 Å². The Morgan fingerprint density at radius 3 is 2.19 bits per heavy atom. The molecule has 0 amide bonds. The molecule has 0 radical (unpaired) electrons. The first-order valence-corrected chi connectivity index (χ1v) is 9.40. The molecular formula is C17H17ClN2O5S. The Labute approximate surface area is 156 Å². The van der Waals surface area contributed by atoms with Crippen molar-refractivity contribution in [1.29, 1.82) is 0 Å². The Morgan fingerprint density at radius 2 is 1.69 bits per heavy atom. The van der Waals surface area contributed by atoms with Gasteiger partial charge in [-0.05, 0) is 49.6 Å². The molecule has 0 saturated heterocycles. The molecule has 0 saturated carbocycles. The number of nitrogens with zero attached hydrogens (tertiary/aromatic N) is 2. The summed E-state index contributed by atoms with van der Waals surface area (Å²) >= 11 is 5.48. The highest BCUT2D eigenvalue weighted by atomic mass is 35.5. The van der Waals surface area contributed by atoms with E-state index in [1.54, 1.807) is 26.0 Å². The molecule has 0 aromatic heterocycles. The maximum Gasteiger partial charge on any atom is 0.289 e. The number of hydrogen-bond acceptors (Lipinski definition) is 5.